The quantitative estimate of drug-likeness (QED) is 0.558. The Kier molecular flexibility index (Phi) is 7.24. The number of hydrogen-bond acceptors (Lipinski definition) is 6. The van der Waals surface area contributed by atoms with Gasteiger partial charge in [0.15, 0.2) is 18.1 Å². The topological polar surface area (TPSA) is 93.7 Å². The van der Waals surface area contributed by atoms with Crippen LogP contribution in [0.25, 0.3) is 0 Å². The van der Waals surface area contributed by atoms with E-state index in [2.05, 4.69) is 10.9 Å². The average molecular weight is 416 g/mol. The molecule has 1 aliphatic carbocycles. The number of nitrogens with one attached hydrogen (secondary N) is 2. The van der Waals surface area contributed by atoms with Crippen LogP contribution in [0, 0.1) is 0 Å². The fourth-order valence-electron chi connectivity index (χ4n) is 3.20. The van der Waals surface area contributed by atoms with Crippen molar-refractivity contribution in [2.75, 3.05) is 13.7 Å². The first-order valence-electron chi connectivity index (χ1n) is 9.57. The molecule has 0 unspecified atom stereocenters. The van der Waals surface area contributed by atoms with E-state index in [1.54, 1.807) is 12.1 Å². The summed E-state index contributed by atoms with van der Waals surface area (Å²) in [6.07, 6.45) is 7.48. The van der Waals surface area contributed by atoms with Crippen LogP contribution in [-0.2, 0) is 17.6 Å². The zero-order valence-corrected chi connectivity index (χ0v) is 17.1. The van der Waals surface area contributed by atoms with Gasteiger partial charge in [0.1, 0.15) is 6.29 Å². The van der Waals surface area contributed by atoms with E-state index in [0.29, 0.717) is 28.2 Å². The minimum Gasteiger partial charge on any atom is -0.493 e. The molecule has 0 fully saturated rings. The van der Waals surface area contributed by atoms with Crippen molar-refractivity contribution < 1.29 is 23.9 Å². The predicted molar refractivity (Wildman–Crippen MR) is 110 cm³/mol. The van der Waals surface area contributed by atoms with E-state index in [0.717, 1.165) is 25.7 Å². The van der Waals surface area contributed by atoms with Gasteiger partial charge in [-0.05, 0) is 55.5 Å². The summed E-state index contributed by atoms with van der Waals surface area (Å²) in [4.78, 5) is 37.1. The SMILES string of the molecule is COc1cc(C=O)ccc1OCC(=O)NNC(=O)c1cc2c(s1)CCCCCC2. The molecular weight excluding hydrogens is 392 g/mol. The first kappa shape index (κ1) is 20.9. The maximum Gasteiger partial charge on any atom is 0.279 e. The summed E-state index contributed by atoms with van der Waals surface area (Å²) in [6, 6.07) is 6.57. The van der Waals surface area contributed by atoms with Gasteiger partial charge >= 0.3 is 0 Å². The third-order valence-electron chi connectivity index (χ3n) is 4.72. The Hall–Kier alpha value is -2.87. The predicted octanol–water partition coefficient (Wildman–Crippen LogP) is 3.07. The molecule has 2 amide bonds. The minimum atomic E-state index is -0.505. The van der Waals surface area contributed by atoms with Crippen LogP contribution < -0.4 is 20.3 Å². The number of thiophene rings is 1. The number of hydrogen-bond donors (Lipinski definition) is 2. The number of rotatable bonds is 6. The normalized spacial score (nSPS) is 13.4. The number of amides is 2. The molecule has 2 N–H and O–H groups in total. The van der Waals surface area contributed by atoms with E-state index in [9.17, 15) is 14.4 Å². The van der Waals surface area contributed by atoms with Gasteiger partial charge in [0.2, 0.25) is 0 Å². The Morgan fingerprint density at radius 1 is 1.07 bits per heavy atom. The summed E-state index contributed by atoms with van der Waals surface area (Å²) in [5, 5.41) is 0. The fraction of sp³-hybridized carbons (Fsp3) is 0.381. The van der Waals surface area contributed by atoms with Crippen molar-refractivity contribution in [1.82, 2.24) is 10.9 Å². The summed E-state index contributed by atoms with van der Waals surface area (Å²) in [5.74, 6) is -0.155. The van der Waals surface area contributed by atoms with Crippen LogP contribution in [0.1, 0.15) is 56.2 Å². The van der Waals surface area contributed by atoms with Crippen LogP contribution in [0.15, 0.2) is 24.3 Å². The number of aldehydes is 1. The molecule has 0 aliphatic heterocycles. The Morgan fingerprint density at radius 2 is 1.86 bits per heavy atom. The van der Waals surface area contributed by atoms with Crippen molar-refractivity contribution in [3.05, 3.63) is 45.1 Å². The average Bonchev–Trinajstić information content (AvgIpc) is 3.12. The Balaban J connectivity index is 1.51. The number of carbonyl (C=O) groups is 3. The van der Waals surface area contributed by atoms with Crippen molar-refractivity contribution in [3.63, 3.8) is 0 Å². The highest BCUT2D eigenvalue weighted by Crippen LogP contribution is 2.29. The molecule has 1 aromatic heterocycles. The van der Waals surface area contributed by atoms with Gasteiger partial charge in [-0.25, -0.2) is 0 Å². The van der Waals surface area contributed by atoms with Crippen LogP contribution >= 0.6 is 11.3 Å². The number of fused-ring (bicyclic) bond motifs is 1. The second-order valence-electron chi connectivity index (χ2n) is 6.79. The van der Waals surface area contributed by atoms with E-state index in [1.165, 1.54) is 47.8 Å². The van der Waals surface area contributed by atoms with E-state index in [4.69, 9.17) is 9.47 Å². The molecule has 3 rings (SSSR count). The zero-order valence-electron chi connectivity index (χ0n) is 16.3. The van der Waals surface area contributed by atoms with E-state index < -0.39 is 5.91 Å². The molecule has 0 radical (unpaired) electrons. The molecule has 8 heteroatoms. The lowest BCUT2D eigenvalue weighted by atomic mass is 10.00. The standard InChI is InChI=1S/C21H24N2O5S/c1-27-17-10-14(12-24)8-9-16(17)28-13-20(25)22-23-21(26)19-11-15-6-4-2-3-5-7-18(15)29-19/h8-12H,2-7,13H2,1H3,(H,22,25)(H,23,26). The monoisotopic (exact) mass is 416 g/mol. The van der Waals surface area contributed by atoms with E-state index >= 15 is 0 Å². The fourth-order valence-corrected chi connectivity index (χ4v) is 4.35. The number of ether oxygens (including phenoxy) is 2. The molecule has 1 aliphatic rings. The molecule has 1 aromatic carbocycles. The summed E-state index contributed by atoms with van der Waals surface area (Å²) >= 11 is 1.50. The van der Waals surface area contributed by atoms with Crippen LogP contribution in [0.3, 0.4) is 0 Å². The van der Waals surface area contributed by atoms with Gasteiger partial charge in [0.05, 0.1) is 12.0 Å². The Labute approximate surface area is 173 Å². The number of aryl methyl sites for hydroxylation is 2. The molecule has 0 saturated heterocycles. The molecule has 7 nitrogen and oxygen atoms in total. The summed E-state index contributed by atoms with van der Waals surface area (Å²) < 4.78 is 10.6. The first-order valence-corrected chi connectivity index (χ1v) is 10.4. The smallest absolute Gasteiger partial charge is 0.279 e. The highest BCUT2D eigenvalue weighted by Gasteiger charge is 2.16. The van der Waals surface area contributed by atoms with Crippen LogP contribution in [0.4, 0.5) is 0 Å². The highest BCUT2D eigenvalue weighted by molar-refractivity contribution is 7.14. The van der Waals surface area contributed by atoms with Gasteiger partial charge in [-0.2, -0.15) is 0 Å². The summed E-state index contributed by atoms with van der Waals surface area (Å²) in [6.45, 7) is -0.308. The van der Waals surface area contributed by atoms with Crippen molar-refractivity contribution >= 4 is 29.4 Å². The van der Waals surface area contributed by atoms with Crippen molar-refractivity contribution in [3.8, 4) is 11.5 Å². The molecule has 154 valence electrons. The molecule has 0 saturated carbocycles. The highest BCUT2D eigenvalue weighted by atomic mass is 32.1. The van der Waals surface area contributed by atoms with Crippen molar-refractivity contribution in [1.29, 1.82) is 0 Å². The molecule has 29 heavy (non-hydrogen) atoms. The Morgan fingerprint density at radius 3 is 2.62 bits per heavy atom. The second-order valence-corrected chi connectivity index (χ2v) is 7.93. The molecule has 0 spiro atoms. The third-order valence-corrected chi connectivity index (χ3v) is 5.95. The summed E-state index contributed by atoms with van der Waals surface area (Å²) in [7, 11) is 1.45. The van der Waals surface area contributed by atoms with Gasteiger partial charge < -0.3 is 9.47 Å². The molecule has 2 aromatic rings. The maximum absolute atomic E-state index is 12.4. The minimum absolute atomic E-state index is 0.308. The van der Waals surface area contributed by atoms with E-state index in [1.807, 2.05) is 6.07 Å². The van der Waals surface area contributed by atoms with Crippen molar-refractivity contribution in [2.24, 2.45) is 0 Å². The molecular formula is C21H24N2O5S. The van der Waals surface area contributed by atoms with Crippen molar-refractivity contribution in [2.45, 2.75) is 38.5 Å². The number of hydrazine groups is 1. The van der Waals surface area contributed by atoms with E-state index in [-0.39, 0.29) is 12.5 Å². The zero-order chi connectivity index (χ0) is 20.6. The molecule has 1 heterocycles. The first-order chi connectivity index (χ1) is 14.1. The maximum atomic E-state index is 12.4. The van der Waals surface area contributed by atoms with Gasteiger partial charge in [0, 0.05) is 10.4 Å². The van der Waals surface area contributed by atoms with Gasteiger partial charge in [-0.15, -0.1) is 11.3 Å². The van der Waals surface area contributed by atoms with Gasteiger partial charge in [-0.1, -0.05) is 12.8 Å². The third kappa shape index (κ3) is 5.57. The van der Waals surface area contributed by atoms with Gasteiger partial charge in [-0.3, -0.25) is 25.2 Å². The number of benzene rings is 1. The number of methoxy groups -OCH3 is 1. The lowest BCUT2D eigenvalue weighted by Crippen LogP contribution is -2.43. The summed E-state index contributed by atoms with van der Waals surface area (Å²) in [5.41, 5.74) is 6.49. The van der Waals surface area contributed by atoms with Crippen LogP contribution in [0.2, 0.25) is 0 Å². The van der Waals surface area contributed by atoms with Crippen LogP contribution in [-0.4, -0.2) is 31.8 Å². The van der Waals surface area contributed by atoms with Crippen LogP contribution in [0.5, 0.6) is 11.5 Å². The largest absolute Gasteiger partial charge is 0.493 e. The molecule has 0 atom stereocenters. The second kappa shape index (κ2) is 10.1. The lowest BCUT2D eigenvalue weighted by molar-refractivity contribution is -0.123. The van der Waals surface area contributed by atoms with Gasteiger partial charge in [0.25, 0.3) is 11.8 Å². The molecule has 0 bridgehead atoms. The number of carbonyl (C=O) groups excluding carboxylic acids is 3. The Bertz CT molecular complexity index is 868. The lowest BCUT2D eigenvalue weighted by Gasteiger charge is -2.11.